The number of carboxylic acid groups (broad SMARTS) is 2. The number of aliphatic carboxylic acids is 2. The summed E-state index contributed by atoms with van der Waals surface area (Å²) in [7, 11) is 0. The van der Waals surface area contributed by atoms with Crippen LogP contribution >= 0.6 is 0 Å². The summed E-state index contributed by atoms with van der Waals surface area (Å²) in [6.07, 6.45) is -0.224. The van der Waals surface area contributed by atoms with Crippen molar-refractivity contribution in [2.24, 2.45) is 5.73 Å². The molecule has 12 heavy (non-hydrogen) atoms. The molecule has 0 unspecified atom stereocenters. The Kier molecular flexibility index (Phi) is 14.5. The number of carboxylic acids is 2. The van der Waals surface area contributed by atoms with Crippen molar-refractivity contribution in [3.8, 4) is 0 Å². The van der Waals surface area contributed by atoms with Crippen molar-refractivity contribution in [2.45, 2.75) is 18.9 Å². The third-order valence-electron chi connectivity index (χ3n) is 0.986. The molecule has 4 N–H and O–H groups in total. The van der Waals surface area contributed by atoms with Crippen LogP contribution in [0.1, 0.15) is 12.8 Å². The van der Waals surface area contributed by atoms with Gasteiger partial charge in [0.2, 0.25) is 0 Å². The summed E-state index contributed by atoms with van der Waals surface area (Å²) in [6.45, 7) is 0. The third-order valence-corrected chi connectivity index (χ3v) is 0.986. The first-order valence-corrected chi connectivity index (χ1v) is 2.74. The topological polar surface area (TPSA) is 101 Å². The minimum atomic E-state index is -1.17. The van der Waals surface area contributed by atoms with Crippen LogP contribution in [0.15, 0.2) is 0 Å². The van der Waals surface area contributed by atoms with Crippen LogP contribution in [0, 0.1) is 0 Å². The van der Waals surface area contributed by atoms with Gasteiger partial charge in [-0.3, -0.25) is 9.59 Å². The minimum Gasteiger partial charge on any atom is -0.481 e. The zero-order valence-electron chi connectivity index (χ0n) is 6.69. The quantitative estimate of drug-likeness (QED) is 0.475. The summed E-state index contributed by atoms with van der Waals surface area (Å²) in [5.41, 5.74) is 5.00. The van der Waals surface area contributed by atoms with Gasteiger partial charge in [-0.15, -0.1) is 0 Å². The molecule has 0 saturated heterocycles. The fourth-order valence-corrected chi connectivity index (χ4v) is 0.402. The smallest absolute Gasteiger partial charge is 0.481 e. The van der Waals surface area contributed by atoms with Gasteiger partial charge in [0.1, 0.15) is 6.04 Å². The van der Waals surface area contributed by atoms with E-state index in [0.717, 1.165) is 0 Å². The maximum Gasteiger partial charge on any atom is 2.00 e. The van der Waals surface area contributed by atoms with Gasteiger partial charge in [0.25, 0.3) is 0 Å². The van der Waals surface area contributed by atoms with Crippen molar-refractivity contribution >= 4 is 58.0 Å². The van der Waals surface area contributed by atoms with Crippen LogP contribution in [0.2, 0.25) is 0 Å². The molecule has 0 radical (unpaired) electrons. The molecular formula is C5H9Mg2NO4+4. The van der Waals surface area contributed by atoms with E-state index < -0.39 is 18.0 Å². The van der Waals surface area contributed by atoms with E-state index in [0.29, 0.717) is 0 Å². The molecule has 0 amide bonds. The SMILES string of the molecule is N[C@@H](CCC(=O)O)C(=O)O.[Mg+2].[Mg+2]. The average molecular weight is 196 g/mol. The molecule has 0 spiro atoms. The van der Waals surface area contributed by atoms with Gasteiger partial charge < -0.3 is 15.9 Å². The molecular weight excluding hydrogens is 187 g/mol. The second-order valence-electron chi connectivity index (χ2n) is 1.88. The van der Waals surface area contributed by atoms with Gasteiger partial charge in [-0.05, 0) is 6.42 Å². The first-order chi connectivity index (χ1) is 4.54. The molecule has 0 bridgehead atoms. The van der Waals surface area contributed by atoms with Crippen LogP contribution in [0.5, 0.6) is 0 Å². The van der Waals surface area contributed by atoms with Gasteiger partial charge >= 0.3 is 58.0 Å². The van der Waals surface area contributed by atoms with E-state index in [2.05, 4.69) is 0 Å². The standard InChI is InChI=1S/C5H9NO4.2Mg/c6-3(5(9)10)1-2-4(7)8;;/h3H,1-2,6H2,(H,7,8)(H,9,10);;/q;2*+2/t3-;;/m0../s1. The fraction of sp³-hybridized carbons (Fsp3) is 0.600. The molecule has 7 heteroatoms. The monoisotopic (exact) mass is 195 g/mol. The zero-order valence-corrected chi connectivity index (χ0v) is 9.52. The van der Waals surface area contributed by atoms with E-state index in [4.69, 9.17) is 15.9 Å². The van der Waals surface area contributed by atoms with Crippen LogP contribution in [0.25, 0.3) is 0 Å². The molecule has 0 aromatic heterocycles. The number of hydrogen-bond acceptors (Lipinski definition) is 3. The van der Waals surface area contributed by atoms with Crippen LogP contribution in [0.4, 0.5) is 0 Å². The number of hydrogen-bond donors (Lipinski definition) is 3. The minimum absolute atomic E-state index is 0. The van der Waals surface area contributed by atoms with Gasteiger partial charge in [0, 0.05) is 6.42 Å². The van der Waals surface area contributed by atoms with E-state index in [-0.39, 0.29) is 58.9 Å². The van der Waals surface area contributed by atoms with Gasteiger partial charge in [0.05, 0.1) is 0 Å². The summed E-state index contributed by atoms with van der Waals surface area (Å²) in [5, 5.41) is 16.3. The second-order valence-corrected chi connectivity index (χ2v) is 1.88. The first kappa shape index (κ1) is 18.3. The summed E-state index contributed by atoms with van der Waals surface area (Å²) in [6, 6.07) is -1.06. The molecule has 5 nitrogen and oxygen atoms in total. The van der Waals surface area contributed by atoms with Crippen molar-refractivity contribution in [2.75, 3.05) is 0 Å². The molecule has 0 aliphatic rings. The van der Waals surface area contributed by atoms with Crippen LogP contribution in [-0.2, 0) is 9.59 Å². The predicted octanol–water partition coefficient (Wildman–Crippen LogP) is -1.50. The van der Waals surface area contributed by atoms with Gasteiger partial charge in [-0.25, -0.2) is 0 Å². The molecule has 0 fully saturated rings. The maximum absolute atomic E-state index is 9.99. The molecule has 0 heterocycles. The van der Waals surface area contributed by atoms with Gasteiger partial charge in [-0.2, -0.15) is 0 Å². The predicted molar refractivity (Wildman–Crippen MR) is 44.0 cm³/mol. The van der Waals surface area contributed by atoms with Crippen molar-refractivity contribution in [1.29, 1.82) is 0 Å². The second kappa shape index (κ2) is 9.52. The van der Waals surface area contributed by atoms with Crippen LogP contribution in [0.3, 0.4) is 0 Å². The molecule has 0 aliphatic heterocycles. The van der Waals surface area contributed by atoms with Crippen molar-refractivity contribution in [3.05, 3.63) is 0 Å². The van der Waals surface area contributed by atoms with Crippen molar-refractivity contribution in [3.63, 3.8) is 0 Å². The molecule has 0 saturated carbocycles. The van der Waals surface area contributed by atoms with Crippen molar-refractivity contribution in [1.82, 2.24) is 0 Å². The number of carbonyl (C=O) groups is 2. The Morgan fingerprint density at radius 3 is 1.92 bits per heavy atom. The molecule has 1 atom stereocenters. The van der Waals surface area contributed by atoms with Gasteiger partial charge in [-0.1, -0.05) is 0 Å². The normalized spacial score (nSPS) is 10.4. The average Bonchev–Trinajstić information content (AvgIpc) is 1.82. The van der Waals surface area contributed by atoms with E-state index in [1.165, 1.54) is 0 Å². The van der Waals surface area contributed by atoms with Crippen LogP contribution < -0.4 is 5.73 Å². The summed E-state index contributed by atoms with van der Waals surface area (Å²) >= 11 is 0. The van der Waals surface area contributed by atoms with Crippen LogP contribution in [-0.4, -0.2) is 74.3 Å². The van der Waals surface area contributed by atoms with Crippen molar-refractivity contribution < 1.29 is 19.8 Å². The molecule has 0 aliphatic carbocycles. The first-order valence-electron chi connectivity index (χ1n) is 2.74. The van der Waals surface area contributed by atoms with E-state index in [9.17, 15) is 9.59 Å². The molecule has 0 aromatic rings. The molecule has 58 valence electrons. The molecule has 0 aromatic carbocycles. The summed E-state index contributed by atoms with van der Waals surface area (Å²) in [5.74, 6) is -2.20. The maximum atomic E-state index is 9.99. The number of nitrogens with two attached hydrogens (primary N) is 1. The Morgan fingerprint density at radius 2 is 1.67 bits per heavy atom. The summed E-state index contributed by atoms with van der Waals surface area (Å²) in [4.78, 5) is 19.9. The van der Waals surface area contributed by atoms with E-state index >= 15 is 0 Å². The zero-order chi connectivity index (χ0) is 8.15. The number of rotatable bonds is 4. The third kappa shape index (κ3) is 10.4. The Bertz CT molecular complexity index is 152. The van der Waals surface area contributed by atoms with E-state index in [1.54, 1.807) is 0 Å². The largest absolute Gasteiger partial charge is 2.00 e. The summed E-state index contributed by atoms with van der Waals surface area (Å²) < 4.78 is 0. The fourth-order valence-electron chi connectivity index (χ4n) is 0.402. The Labute approximate surface area is 102 Å². The molecule has 0 rings (SSSR count). The van der Waals surface area contributed by atoms with E-state index in [1.807, 2.05) is 0 Å². The Hall–Kier alpha value is 0.432. The van der Waals surface area contributed by atoms with Gasteiger partial charge in [0.15, 0.2) is 0 Å². The Balaban J connectivity index is -0.000000405. The Morgan fingerprint density at radius 1 is 1.25 bits per heavy atom.